The molecule has 0 spiro atoms. The first-order valence-electron chi connectivity index (χ1n) is 10.9. The van der Waals surface area contributed by atoms with Gasteiger partial charge in [0, 0.05) is 0 Å². The molecule has 0 unspecified atom stereocenters. The maximum Gasteiger partial charge on any atom is 0.262 e. The van der Waals surface area contributed by atoms with E-state index in [0.717, 1.165) is 30.4 Å². The number of aromatic nitrogens is 2. The van der Waals surface area contributed by atoms with Crippen molar-refractivity contribution >= 4 is 28.6 Å². The van der Waals surface area contributed by atoms with Crippen molar-refractivity contribution in [3.63, 3.8) is 0 Å². The van der Waals surface area contributed by atoms with E-state index in [-0.39, 0.29) is 17.2 Å². The number of hydrogen-bond acceptors (Lipinski definition) is 5. The van der Waals surface area contributed by atoms with Crippen molar-refractivity contribution in [2.24, 2.45) is 0 Å². The van der Waals surface area contributed by atoms with Gasteiger partial charge in [-0.05, 0) is 37.5 Å². The molecule has 1 amide bonds. The van der Waals surface area contributed by atoms with Gasteiger partial charge in [0.25, 0.3) is 5.56 Å². The predicted molar refractivity (Wildman–Crippen MR) is 127 cm³/mol. The highest BCUT2D eigenvalue weighted by Crippen LogP contribution is 2.28. The van der Waals surface area contributed by atoms with Gasteiger partial charge in [-0.25, -0.2) is 4.98 Å². The van der Waals surface area contributed by atoms with Gasteiger partial charge in [-0.1, -0.05) is 73.0 Å². The lowest BCUT2D eigenvalue weighted by Gasteiger charge is -2.31. The Balaban J connectivity index is 1.59. The molecule has 4 rings (SSSR count). The van der Waals surface area contributed by atoms with Gasteiger partial charge in [0.1, 0.15) is 5.54 Å². The van der Waals surface area contributed by atoms with Crippen LogP contribution in [0.3, 0.4) is 0 Å². The molecule has 32 heavy (non-hydrogen) atoms. The molecule has 3 aromatic rings. The average Bonchev–Trinajstić information content (AvgIpc) is 2.81. The second-order valence-corrected chi connectivity index (χ2v) is 9.32. The lowest BCUT2D eigenvalue weighted by molar-refractivity contribution is -0.120. The molecule has 7 heteroatoms. The van der Waals surface area contributed by atoms with Crippen LogP contribution >= 0.6 is 11.8 Å². The van der Waals surface area contributed by atoms with Gasteiger partial charge in [-0.15, -0.1) is 0 Å². The van der Waals surface area contributed by atoms with Crippen molar-refractivity contribution in [1.82, 2.24) is 14.9 Å². The van der Waals surface area contributed by atoms with Crippen LogP contribution in [0.4, 0.5) is 0 Å². The molecular weight excluding hydrogens is 420 g/mol. The number of para-hydroxylation sites is 1. The Hall–Kier alpha value is -3.11. The third-order valence-electron chi connectivity index (χ3n) is 5.92. The fourth-order valence-corrected chi connectivity index (χ4v) is 4.93. The van der Waals surface area contributed by atoms with E-state index in [4.69, 9.17) is 0 Å². The van der Waals surface area contributed by atoms with Gasteiger partial charge in [-0.2, -0.15) is 5.26 Å². The smallest absolute Gasteiger partial charge is 0.262 e. The number of nitrogens with zero attached hydrogens (tertiary/aromatic N) is 3. The zero-order valence-electron chi connectivity index (χ0n) is 18.1. The van der Waals surface area contributed by atoms with E-state index < -0.39 is 5.54 Å². The Morgan fingerprint density at radius 3 is 2.59 bits per heavy atom. The molecule has 1 aromatic heterocycles. The Morgan fingerprint density at radius 1 is 1.16 bits per heavy atom. The molecule has 1 fully saturated rings. The van der Waals surface area contributed by atoms with Crippen LogP contribution in [0.15, 0.2) is 58.5 Å². The first kappa shape index (κ1) is 22.1. The van der Waals surface area contributed by atoms with E-state index in [2.05, 4.69) is 16.4 Å². The van der Waals surface area contributed by atoms with Crippen molar-refractivity contribution in [2.45, 2.75) is 56.3 Å². The second-order valence-electron chi connectivity index (χ2n) is 8.38. The molecule has 1 aliphatic rings. The molecule has 0 atom stereocenters. The maximum absolute atomic E-state index is 13.2. The molecule has 1 saturated carbocycles. The van der Waals surface area contributed by atoms with Gasteiger partial charge in [-0.3, -0.25) is 14.2 Å². The summed E-state index contributed by atoms with van der Waals surface area (Å²) in [5, 5.41) is 13.6. The van der Waals surface area contributed by atoms with Crippen molar-refractivity contribution in [3.8, 4) is 6.07 Å². The third-order valence-corrected chi connectivity index (χ3v) is 6.90. The van der Waals surface area contributed by atoms with E-state index in [1.807, 2.05) is 49.4 Å². The van der Waals surface area contributed by atoms with Crippen LogP contribution in [0.1, 0.15) is 43.2 Å². The summed E-state index contributed by atoms with van der Waals surface area (Å²) in [6, 6.07) is 17.6. The molecule has 0 saturated heterocycles. The zero-order valence-corrected chi connectivity index (χ0v) is 19.0. The number of carbonyl (C=O) groups is 1. The summed E-state index contributed by atoms with van der Waals surface area (Å²) in [5.41, 5.74) is 1.86. The summed E-state index contributed by atoms with van der Waals surface area (Å²) in [7, 11) is 0. The van der Waals surface area contributed by atoms with E-state index in [0.29, 0.717) is 35.4 Å². The van der Waals surface area contributed by atoms with Crippen molar-refractivity contribution in [1.29, 1.82) is 5.26 Å². The Morgan fingerprint density at radius 2 is 1.88 bits per heavy atom. The summed E-state index contributed by atoms with van der Waals surface area (Å²) in [6.45, 7) is 2.40. The Kier molecular flexibility index (Phi) is 6.61. The number of nitriles is 1. The molecular formula is C25H26N4O2S. The quantitative estimate of drug-likeness (QED) is 0.453. The fraction of sp³-hybridized carbons (Fsp3) is 0.360. The molecule has 164 valence electrons. The Bertz CT molecular complexity index is 1220. The normalized spacial score (nSPS) is 15.2. The maximum atomic E-state index is 13.2. The van der Waals surface area contributed by atoms with Gasteiger partial charge in [0.2, 0.25) is 5.91 Å². The molecule has 0 aliphatic heterocycles. The fourth-order valence-electron chi connectivity index (χ4n) is 4.13. The van der Waals surface area contributed by atoms with Crippen LogP contribution in [0.2, 0.25) is 0 Å². The highest BCUT2D eigenvalue weighted by Gasteiger charge is 2.33. The molecule has 1 aliphatic carbocycles. The van der Waals surface area contributed by atoms with Crippen LogP contribution in [0.5, 0.6) is 0 Å². The number of nitrogens with one attached hydrogen (secondary N) is 1. The SMILES string of the molecule is Cc1ccc(Cn2c(SCC(=O)NC3(C#N)CCCCC3)nc3ccccc3c2=O)cc1. The summed E-state index contributed by atoms with van der Waals surface area (Å²) >= 11 is 1.23. The minimum Gasteiger partial charge on any atom is -0.337 e. The minimum absolute atomic E-state index is 0.0993. The molecule has 1 N–H and O–H groups in total. The van der Waals surface area contributed by atoms with Crippen LogP contribution in [-0.2, 0) is 11.3 Å². The molecule has 1 heterocycles. The summed E-state index contributed by atoms with van der Waals surface area (Å²) < 4.78 is 1.63. The average molecular weight is 447 g/mol. The first-order chi connectivity index (χ1) is 15.5. The standard InChI is InChI=1S/C25H26N4O2S/c1-18-9-11-19(12-10-18)15-29-23(31)20-7-3-4-8-21(20)27-24(29)32-16-22(30)28-25(17-26)13-5-2-6-14-25/h3-4,7-12H,2,5-6,13-16H2,1H3,(H,28,30). The van der Waals surface area contributed by atoms with E-state index in [9.17, 15) is 14.9 Å². The lowest BCUT2D eigenvalue weighted by Crippen LogP contribution is -2.49. The highest BCUT2D eigenvalue weighted by atomic mass is 32.2. The first-order valence-corrected chi connectivity index (χ1v) is 11.9. The predicted octanol–water partition coefficient (Wildman–Crippen LogP) is 4.19. The minimum atomic E-state index is -0.770. The number of rotatable bonds is 6. The third kappa shape index (κ3) is 4.86. The topological polar surface area (TPSA) is 87.8 Å². The molecule has 0 bridgehead atoms. The van der Waals surface area contributed by atoms with Gasteiger partial charge < -0.3 is 5.32 Å². The number of fused-ring (bicyclic) bond motifs is 1. The van der Waals surface area contributed by atoms with Crippen LogP contribution in [0, 0.1) is 18.3 Å². The van der Waals surface area contributed by atoms with Crippen LogP contribution in [-0.4, -0.2) is 26.8 Å². The van der Waals surface area contributed by atoms with Gasteiger partial charge in [0.15, 0.2) is 5.16 Å². The van der Waals surface area contributed by atoms with E-state index in [1.54, 1.807) is 10.6 Å². The summed E-state index contributed by atoms with van der Waals surface area (Å²) in [5.74, 6) is -0.106. The van der Waals surface area contributed by atoms with Crippen LogP contribution in [0.25, 0.3) is 10.9 Å². The van der Waals surface area contributed by atoms with E-state index in [1.165, 1.54) is 11.8 Å². The number of aryl methyl sites for hydroxylation is 1. The van der Waals surface area contributed by atoms with Crippen molar-refractivity contribution in [2.75, 3.05) is 5.75 Å². The number of thioether (sulfide) groups is 1. The molecule has 0 radical (unpaired) electrons. The van der Waals surface area contributed by atoms with Crippen LogP contribution < -0.4 is 10.9 Å². The van der Waals surface area contributed by atoms with Gasteiger partial charge in [0.05, 0.1) is 29.3 Å². The Labute approximate surface area is 191 Å². The largest absolute Gasteiger partial charge is 0.337 e. The lowest BCUT2D eigenvalue weighted by atomic mass is 9.83. The summed E-state index contributed by atoms with van der Waals surface area (Å²) in [6.07, 6.45) is 4.37. The van der Waals surface area contributed by atoms with Gasteiger partial charge >= 0.3 is 0 Å². The molecule has 2 aromatic carbocycles. The number of carbonyl (C=O) groups excluding carboxylic acids is 1. The van der Waals surface area contributed by atoms with Crippen molar-refractivity contribution in [3.05, 3.63) is 70.0 Å². The number of amides is 1. The summed E-state index contributed by atoms with van der Waals surface area (Å²) in [4.78, 5) is 30.6. The van der Waals surface area contributed by atoms with Crippen molar-refractivity contribution < 1.29 is 4.79 Å². The van der Waals surface area contributed by atoms with E-state index >= 15 is 0 Å². The highest BCUT2D eigenvalue weighted by molar-refractivity contribution is 7.99. The molecule has 6 nitrogen and oxygen atoms in total. The second kappa shape index (κ2) is 9.58. The monoisotopic (exact) mass is 446 g/mol. The number of benzene rings is 2. The zero-order chi connectivity index (χ0) is 22.6. The number of hydrogen-bond donors (Lipinski definition) is 1.